The fourth-order valence-corrected chi connectivity index (χ4v) is 1.71. The molecule has 0 aliphatic rings. The van der Waals surface area contributed by atoms with E-state index in [0.29, 0.717) is 13.0 Å². The van der Waals surface area contributed by atoms with Crippen molar-refractivity contribution in [2.45, 2.75) is 34.1 Å². The minimum absolute atomic E-state index is 0.00939. The molecular weight excluding hydrogens is 236 g/mol. The standard InChI is InChI=1S/C16H22N2O/c1-12-10-13(6-5-9-17)7-8-14(12)18-15(19)11-16(2,3)4/h7-8,10H,9,11,17H2,1-4H3,(H,18,19). The molecule has 0 radical (unpaired) electrons. The molecule has 3 nitrogen and oxygen atoms in total. The molecule has 0 saturated heterocycles. The molecule has 19 heavy (non-hydrogen) atoms. The highest BCUT2D eigenvalue weighted by atomic mass is 16.1. The molecule has 0 aliphatic carbocycles. The maximum atomic E-state index is 11.9. The lowest BCUT2D eigenvalue weighted by Gasteiger charge is -2.18. The van der Waals surface area contributed by atoms with E-state index >= 15 is 0 Å². The van der Waals surface area contributed by atoms with Gasteiger partial charge in [-0.3, -0.25) is 4.79 Å². The summed E-state index contributed by atoms with van der Waals surface area (Å²) < 4.78 is 0. The average molecular weight is 258 g/mol. The number of carbonyl (C=O) groups is 1. The summed E-state index contributed by atoms with van der Waals surface area (Å²) in [6, 6.07) is 5.73. The van der Waals surface area contributed by atoms with E-state index in [0.717, 1.165) is 16.8 Å². The Morgan fingerprint density at radius 2 is 2.05 bits per heavy atom. The summed E-state index contributed by atoms with van der Waals surface area (Å²) in [5.74, 6) is 5.83. The number of carbonyl (C=O) groups excluding carboxylic acids is 1. The van der Waals surface area contributed by atoms with E-state index in [9.17, 15) is 4.79 Å². The molecule has 0 heterocycles. The predicted molar refractivity (Wildman–Crippen MR) is 79.8 cm³/mol. The summed E-state index contributed by atoms with van der Waals surface area (Å²) in [6.07, 6.45) is 0.501. The van der Waals surface area contributed by atoms with Gasteiger partial charge in [-0.25, -0.2) is 0 Å². The van der Waals surface area contributed by atoms with Crippen molar-refractivity contribution in [1.82, 2.24) is 0 Å². The molecule has 1 rings (SSSR count). The zero-order valence-electron chi connectivity index (χ0n) is 12.1. The number of rotatable bonds is 2. The zero-order chi connectivity index (χ0) is 14.5. The van der Waals surface area contributed by atoms with Crippen LogP contribution in [0, 0.1) is 24.2 Å². The van der Waals surface area contributed by atoms with Crippen molar-refractivity contribution < 1.29 is 4.79 Å². The van der Waals surface area contributed by atoms with E-state index in [1.165, 1.54) is 0 Å². The second kappa shape index (κ2) is 6.40. The van der Waals surface area contributed by atoms with E-state index in [1.807, 2.05) is 45.9 Å². The molecule has 102 valence electrons. The quantitative estimate of drug-likeness (QED) is 0.801. The van der Waals surface area contributed by atoms with Crippen LogP contribution in [0.5, 0.6) is 0 Å². The van der Waals surface area contributed by atoms with Crippen LogP contribution in [0.15, 0.2) is 18.2 Å². The number of benzene rings is 1. The van der Waals surface area contributed by atoms with Gasteiger partial charge in [0.05, 0.1) is 6.54 Å². The molecule has 0 aromatic heterocycles. The van der Waals surface area contributed by atoms with Gasteiger partial charge in [-0.05, 0) is 36.1 Å². The van der Waals surface area contributed by atoms with Crippen LogP contribution in [0.1, 0.15) is 38.3 Å². The second-order valence-electron chi connectivity index (χ2n) is 5.82. The van der Waals surface area contributed by atoms with Gasteiger partial charge in [0.15, 0.2) is 0 Å². The number of hydrogen-bond donors (Lipinski definition) is 2. The fourth-order valence-electron chi connectivity index (χ4n) is 1.71. The molecular formula is C16H22N2O. The monoisotopic (exact) mass is 258 g/mol. The topological polar surface area (TPSA) is 55.1 Å². The molecule has 0 spiro atoms. The first-order valence-corrected chi connectivity index (χ1v) is 6.41. The Kier molecular flexibility index (Phi) is 5.14. The molecule has 0 bridgehead atoms. The molecule has 0 saturated carbocycles. The summed E-state index contributed by atoms with van der Waals surface area (Å²) in [5.41, 5.74) is 8.09. The Labute approximate surface area is 115 Å². The van der Waals surface area contributed by atoms with Gasteiger partial charge in [-0.15, -0.1) is 0 Å². The number of nitrogens with one attached hydrogen (secondary N) is 1. The van der Waals surface area contributed by atoms with Gasteiger partial charge in [-0.2, -0.15) is 0 Å². The summed E-state index contributed by atoms with van der Waals surface area (Å²) in [6.45, 7) is 8.45. The number of aryl methyl sites for hydroxylation is 1. The first kappa shape index (κ1) is 15.3. The average Bonchev–Trinajstić information content (AvgIpc) is 2.27. The third kappa shape index (κ3) is 5.58. The Bertz CT molecular complexity index is 516. The summed E-state index contributed by atoms with van der Waals surface area (Å²) >= 11 is 0. The third-order valence-electron chi connectivity index (χ3n) is 2.53. The lowest BCUT2D eigenvalue weighted by atomic mass is 9.92. The molecule has 0 aliphatic heterocycles. The number of anilines is 1. The van der Waals surface area contributed by atoms with E-state index in [2.05, 4.69) is 17.2 Å². The number of amides is 1. The molecule has 1 amide bonds. The molecule has 3 heteroatoms. The van der Waals surface area contributed by atoms with Crippen LogP contribution in [-0.4, -0.2) is 12.5 Å². The maximum Gasteiger partial charge on any atom is 0.224 e. The van der Waals surface area contributed by atoms with Gasteiger partial charge in [0.1, 0.15) is 0 Å². The van der Waals surface area contributed by atoms with E-state index in [4.69, 9.17) is 5.73 Å². The molecule has 0 atom stereocenters. The Morgan fingerprint density at radius 1 is 1.37 bits per heavy atom. The van der Waals surface area contributed by atoms with Crippen LogP contribution >= 0.6 is 0 Å². The van der Waals surface area contributed by atoms with Gasteiger partial charge in [0.2, 0.25) is 5.91 Å². The van der Waals surface area contributed by atoms with Crippen molar-refractivity contribution in [3.63, 3.8) is 0 Å². The molecule has 1 aromatic rings. The number of nitrogens with two attached hydrogens (primary N) is 1. The maximum absolute atomic E-state index is 11.9. The van der Waals surface area contributed by atoms with Gasteiger partial charge < -0.3 is 11.1 Å². The molecule has 3 N–H and O–H groups in total. The number of hydrogen-bond acceptors (Lipinski definition) is 2. The smallest absolute Gasteiger partial charge is 0.224 e. The van der Waals surface area contributed by atoms with Crippen LogP contribution in [0.2, 0.25) is 0 Å². The Morgan fingerprint density at radius 3 is 2.58 bits per heavy atom. The van der Waals surface area contributed by atoms with Crippen molar-refractivity contribution in [2.75, 3.05) is 11.9 Å². The second-order valence-corrected chi connectivity index (χ2v) is 5.82. The lowest BCUT2D eigenvalue weighted by Crippen LogP contribution is -2.20. The van der Waals surface area contributed by atoms with Crippen molar-refractivity contribution in [3.8, 4) is 11.8 Å². The van der Waals surface area contributed by atoms with Crippen molar-refractivity contribution in [2.24, 2.45) is 11.1 Å². The SMILES string of the molecule is Cc1cc(C#CCN)ccc1NC(=O)CC(C)(C)C. The zero-order valence-corrected chi connectivity index (χ0v) is 12.1. The first-order chi connectivity index (χ1) is 8.81. The van der Waals surface area contributed by atoms with Gasteiger partial charge in [-0.1, -0.05) is 32.6 Å². The van der Waals surface area contributed by atoms with E-state index < -0.39 is 0 Å². The van der Waals surface area contributed by atoms with Crippen molar-refractivity contribution in [1.29, 1.82) is 0 Å². The highest BCUT2D eigenvalue weighted by Gasteiger charge is 2.16. The van der Waals surface area contributed by atoms with Gasteiger partial charge >= 0.3 is 0 Å². The fraction of sp³-hybridized carbons (Fsp3) is 0.438. The van der Waals surface area contributed by atoms with Crippen molar-refractivity contribution in [3.05, 3.63) is 29.3 Å². The predicted octanol–water partition coefficient (Wildman–Crippen LogP) is 2.68. The minimum Gasteiger partial charge on any atom is -0.326 e. The first-order valence-electron chi connectivity index (χ1n) is 6.41. The lowest BCUT2D eigenvalue weighted by molar-refractivity contribution is -0.117. The van der Waals surface area contributed by atoms with Crippen molar-refractivity contribution >= 4 is 11.6 Å². The third-order valence-corrected chi connectivity index (χ3v) is 2.53. The van der Waals surface area contributed by atoms with Crippen LogP contribution in [0.3, 0.4) is 0 Å². The van der Waals surface area contributed by atoms with Gasteiger partial charge in [0.25, 0.3) is 0 Å². The van der Waals surface area contributed by atoms with Crippen LogP contribution in [-0.2, 0) is 4.79 Å². The van der Waals surface area contributed by atoms with E-state index in [-0.39, 0.29) is 11.3 Å². The van der Waals surface area contributed by atoms with Crippen LogP contribution in [0.25, 0.3) is 0 Å². The highest BCUT2D eigenvalue weighted by Crippen LogP contribution is 2.21. The van der Waals surface area contributed by atoms with Gasteiger partial charge in [0, 0.05) is 17.7 Å². The molecule has 0 fully saturated rings. The summed E-state index contributed by atoms with van der Waals surface area (Å²) in [4.78, 5) is 11.9. The summed E-state index contributed by atoms with van der Waals surface area (Å²) in [5, 5.41) is 2.94. The normalized spacial score (nSPS) is 10.6. The summed E-state index contributed by atoms with van der Waals surface area (Å²) in [7, 11) is 0. The molecule has 1 aromatic carbocycles. The van der Waals surface area contributed by atoms with Crippen LogP contribution in [0.4, 0.5) is 5.69 Å². The van der Waals surface area contributed by atoms with E-state index in [1.54, 1.807) is 0 Å². The Balaban J connectivity index is 2.78. The van der Waals surface area contributed by atoms with Crippen LogP contribution < -0.4 is 11.1 Å². The largest absolute Gasteiger partial charge is 0.326 e. The highest BCUT2D eigenvalue weighted by molar-refractivity contribution is 5.91. The Hall–Kier alpha value is -1.79. The molecule has 0 unspecified atom stereocenters. The minimum atomic E-state index is -0.00939.